The van der Waals surface area contributed by atoms with Crippen molar-refractivity contribution in [2.45, 2.75) is 6.92 Å². The Morgan fingerprint density at radius 2 is 2.05 bits per heavy atom. The fourth-order valence-electron chi connectivity index (χ4n) is 1.76. The van der Waals surface area contributed by atoms with Crippen LogP contribution in [0.4, 0.5) is 15.8 Å². The molecule has 2 aromatic carbocycles. The summed E-state index contributed by atoms with van der Waals surface area (Å²) in [7, 11) is 0. The summed E-state index contributed by atoms with van der Waals surface area (Å²) in [6.45, 7) is 1.68. The predicted molar refractivity (Wildman–Crippen MR) is 71.6 cm³/mol. The Bertz CT molecular complexity index is 621. The highest BCUT2D eigenvalue weighted by atomic mass is 19.1. The number of halogens is 1. The second kappa shape index (κ2) is 4.97. The molecule has 4 N–H and O–H groups in total. The quantitative estimate of drug-likeness (QED) is 0.727. The van der Waals surface area contributed by atoms with Gasteiger partial charge in [-0.05, 0) is 42.8 Å². The number of aromatic hydroxyl groups is 1. The molecule has 0 atom stereocenters. The van der Waals surface area contributed by atoms with Crippen molar-refractivity contribution in [3.8, 4) is 5.75 Å². The van der Waals surface area contributed by atoms with Crippen molar-refractivity contribution in [2.75, 3.05) is 11.1 Å². The molecule has 0 heterocycles. The summed E-state index contributed by atoms with van der Waals surface area (Å²) in [4.78, 5) is 12.0. The maximum atomic E-state index is 13.6. The van der Waals surface area contributed by atoms with Crippen LogP contribution in [-0.4, -0.2) is 11.0 Å². The summed E-state index contributed by atoms with van der Waals surface area (Å²) in [5, 5.41) is 11.7. The van der Waals surface area contributed by atoms with Crippen molar-refractivity contribution < 1.29 is 14.3 Å². The van der Waals surface area contributed by atoms with E-state index in [1.165, 1.54) is 36.4 Å². The highest BCUT2D eigenvalue weighted by Gasteiger charge is 2.13. The van der Waals surface area contributed by atoms with Gasteiger partial charge in [0, 0.05) is 5.56 Å². The van der Waals surface area contributed by atoms with Crippen LogP contribution >= 0.6 is 0 Å². The molecule has 19 heavy (non-hydrogen) atoms. The number of rotatable bonds is 2. The third-order valence-electron chi connectivity index (χ3n) is 2.74. The van der Waals surface area contributed by atoms with Crippen molar-refractivity contribution in [1.29, 1.82) is 0 Å². The molecule has 0 aliphatic heterocycles. The molecule has 2 aromatic rings. The Balaban J connectivity index is 2.31. The number of hydrogen-bond acceptors (Lipinski definition) is 3. The number of aryl methyl sites for hydroxylation is 1. The van der Waals surface area contributed by atoms with Crippen LogP contribution in [0, 0.1) is 12.7 Å². The van der Waals surface area contributed by atoms with E-state index in [2.05, 4.69) is 5.32 Å². The maximum absolute atomic E-state index is 13.6. The van der Waals surface area contributed by atoms with Gasteiger partial charge >= 0.3 is 0 Å². The van der Waals surface area contributed by atoms with Gasteiger partial charge in [-0.1, -0.05) is 6.07 Å². The normalized spacial score (nSPS) is 10.2. The van der Waals surface area contributed by atoms with Crippen LogP contribution in [0.5, 0.6) is 5.75 Å². The summed E-state index contributed by atoms with van der Waals surface area (Å²) in [6.07, 6.45) is 0. The zero-order chi connectivity index (χ0) is 14.0. The number of amides is 1. The molecule has 0 aliphatic carbocycles. The van der Waals surface area contributed by atoms with Crippen LogP contribution in [0.15, 0.2) is 36.4 Å². The number of nitrogens with one attached hydrogen (secondary N) is 1. The van der Waals surface area contributed by atoms with E-state index >= 15 is 0 Å². The van der Waals surface area contributed by atoms with Crippen LogP contribution in [0.25, 0.3) is 0 Å². The molecule has 0 aliphatic rings. The summed E-state index contributed by atoms with van der Waals surface area (Å²) in [6, 6.07) is 8.51. The van der Waals surface area contributed by atoms with Gasteiger partial charge in [0.2, 0.25) is 0 Å². The minimum Gasteiger partial charge on any atom is -0.508 e. The number of para-hydroxylation sites is 1. The fraction of sp³-hybridized carbons (Fsp3) is 0.0714. The van der Waals surface area contributed by atoms with Crippen LogP contribution in [0.2, 0.25) is 0 Å². The van der Waals surface area contributed by atoms with Crippen molar-refractivity contribution in [2.24, 2.45) is 0 Å². The Hall–Kier alpha value is -2.56. The maximum Gasteiger partial charge on any atom is 0.256 e. The van der Waals surface area contributed by atoms with Crippen molar-refractivity contribution in [1.82, 2.24) is 0 Å². The average Bonchev–Trinajstić information content (AvgIpc) is 2.33. The number of carbonyl (C=O) groups is 1. The molecule has 5 heteroatoms. The number of nitrogen functional groups attached to an aromatic ring is 1. The minimum atomic E-state index is -0.593. The lowest BCUT2D eigenvalue weighted by atomic mass is 10.1. The zero-order valence-electron chi connectivity index (χ0n) is 10.3. The SMILES string of the molecule is Cc1cc(O)ccc1C(=O)Nc1c(N)cccc1F. The Morgan fingerprint density at radius 1 is 1.32 bits per heavy atom. The first-order valence-electron chi connectivity index (χ1n) is 5.64. The third kappa shape index (κ3) is 2.65. The minimum absolute atomic E-state index is 0.0417. The van der Waals surface area contributed by atoms with Gasteiger partial charge in [0.1, 0.15) is 17.3 Å². The predicted octanol–water partition coefficient (Wildman–Crippen LogP) is 2.67. The van der Waals surface area contributed by atoms with Gasteiger partial charge in [-0.25, -0.2) is 4.39 Å². The van der Waals surface area contributed by atoms with Crippen LogP contribution < -0.4 is 11.1 Å². The molecule has 0 unspecified atom stereocenters. The number of phenols is 1. The van der Waals surface area contributed by atoms with E-state index in [-0.39, 0.29) is 17.1 Å². The number of carbonyl (C=O) groups excluding carboxylic acids is 1. The molecular weight excluding hydrogens is 247 g/mol. The number of anilines is 2. The van der Waals surface area contributed by atoms with Crippen LogP contribution in [0.1, 0.15) is 15.9 Å². The second-order valence-corrected chi connectivity index (χ2v) is 4.16. The topological polar surface area (TPSA) is 75.3 Å². The van der Waals surface area contributed by atoms with Gasteiger partial charge in [-0.15, -0.1) is 0 Å². The van der Waals surface area contributed by atoms with Crippen molar-refractivity contribution >= 4 is 17.3 Å². The first-order chi connectivity index (χ1) is 8.99. The Morgan fingerprint density at radius 3 is 2.68 bits per heavy atom. The lowest BCUT2D eigenvalue weighted by molar-refractivity contribution is 0.102. The molecule has 0 saturated heterocycles. The molecule has 0 saturated carbocycles. The van der Waals surface area contributed by atoms with Gasteiger partial charge in [0.25, 0.3) is 5.91 Å². The Kier molecular flexibility index (Phi) is 3.37. The number of phenolic OH excluding ortho intramolecular Hbond substituents is 1. The van der Waals surface area contributed by atoms with E-state index in [4.69, 9.17) is 5.73 Å². The van der Waals surface area contributed by atoms with Crippen molar-refractivity contribution in [3.63, 3.8) is 0 Å². The van der Waals surface area contributed by atoms with E-state index in [1.54, 1.807) is 6.92 Å². The standard InChI is InChI=1S/C14H13FN2O2/c1-8-7-9(18)5-6-10(8)14(19)17-13-11(15)3-2-4-12(13)16/h2-7,18H,16H2,1H3,(H,17,19). The first kappa shape index (κ1) is 12.9. The summed E-state index contributed by atoms with van der Waals surface area (Å²) in [5.74, 6) is -1.00. The largest absolute Gasteiger partial charge is 0.508 e. The first-order valence-corrected chi connectivity index (χ1v) is 5.64. The summed E-state index contributed by atoms with van der Waals surface area (Å²) >= 11 is 0. The monoisotopic (exact) mass is 260 g/mol. The lowest BCUT2D eigenvalue weighted by Gasteiger charge is -2.10. The van der Waals surface area contributed by atoms with Gasteiger partial charge in [0.05, 0.1) is 5.69 Å². The molecule has 4 nitrogen and oxygen atoms in total. The molecule has 98 valence electrons. The van der Waals surface area contributed by atoms with Crippen LogP contribution in [-0.2, 0) is 0 Å². The van der Waals surface area contributed by atoms with Crippen molar-refractivity contribution in [3.05, 3.63) is 53.3 Å². The highest BCUT2D eigenvalue weighted by molar-refractivity contribution is 6.06. The number of nitrogens with two attached hydrogens (primary N) is 1. The molecule has 0 bridgehead atoms. The van der Waals surface area contributed by atoms with E-state index in [9.17, 15) is 14.3 Å². The number of hydrogen-bond donors (Lipinski definition) is 3. The molecule has 0 fully saturated rings. The van der Waals surface area contributed by atoms with Crippen LogP contribution in [0.3, 0.4) is 0 Å². The number of benzene rings is 2. The highest BCUT2D eigenvalue weighted by Crippen LogP contribution is 2.23. The smallest absolute Gasteiger partial charge is 0.256 e. The zero-order valence-corrected chi connectivity index (χ0v) is 10.3. The van der Waals surface area contributed by atoms with E-state index in [1.807, 2.05) is 0 Å². The van der Waals surface area contributed by atoms with Gasteiger partial charge in [-0.3, -0.25) is 4.79 Å². The van der Waals surface area contributed by atoms with E-state index in [0.29, 0.717) is 11.1 Å². The van der Waals surface area contributed by atoms with Gasteiger partial charge < -0.3 is 16.2 Å². The van der Waals surface area contributed by atoms with Gasteiger partial charge in [0.15, 0.2) is 0 Å². The third-order valence-corrected chi connectivity index (χ3v) is 2.74. The molecule has 0 radical (unpaired) electrons. The fourth-order valence-corrected chi connectivity index (χ4v) is 1.76. The van der Waals surface area contributed by atoms with E-state index in [0.717, 1.165) is 0 Å². The second-order valence-electron chi connectivity index (χ2n) is 4.16. The molecule has 2 rings (SSSR count). The molecular formula is C14H13FN2O2. The lowest BCUT2D eigenvalue weighted by Crippen LogP contribution is -2.15. The molecule has 1 amide bonds. The van der Waals surface area contributed by atoms with E-state index < -0.39 is 11.7 Å². The molecule has 0 spiro atoms. The Labute approximate surface area is 109 Å². The summed E-state index contributed by atoms with van der Waals surface area (Å²) in [5.41, 5.74) is 6.67. The van der Waals surface area contributed by atoms with Gasteiger partial charge in [-0.2, -0.15) is 0 Å². The average molecular weight is 260 g/mol. The molecule has 0 aromatic heterocycles. The summed E-state index contributed by atoms with van der Waals surface area (Å²) < 4.78 is 13.6.